The minimum Gasteiger partial charge on any atom is -0.455 e. The van der Waals surface area contributed by atoms with Crippen molar-refractivity contribution in [1.29, 1.82) is 0 Å². The van der Waals surface area contributed by atoms with Gasteiger partial charge in [0.15, 0.2) is 0 Å². The van der Waals surface area contributed by atoms with Crippen LogP contribution in [0.3, 0.4) is 0 Å². The molecule has 2 saturated heterocycles. The number of nitrogens with zero attached hydrogens (tertiary/aromatic N) is 2. The van der Waals surface area contributed by atoms with Crippen LogP contribution >= 0.6 is 15.9 Å². The van der Waals surface area contributed by atoms with Gasteiger partial charge in [0.05, 0.1) is 12.5 Å². The maximum absolute atomic E-state index is 14.4. The van der Waals surface area contributed by atoms with Crippen molar-refractivity contribution in [1.82, 2.24) is 15.1 Å². The highest BCUT2D eigenvalue weighted by molar-refractivity contribution is 9.11. The first kappa shape index (κ1) is 30.4. The van der Waals surface area contributed by atoms with Gasteiger partial charge >= 0.3 is 5.97 Å². The van der Waals surface area contributed by atoms with E-state index in [1.165, 1.54) is 4.90 Å². The molecule has 3 amide bonds. The Morgan fingerprint density at radius 3 is 2.60 bits per heavy atom. The number of benzene rings is 1. The smallest absolute Gasteiger partial charge is 0.313 e. The molecule has 0 aliphatic carbocycles. The van der Waals surface area contributed by atoms with Crippen LogP contribution in [0.25, 0.3) is 0 Å². The molecule has 2 fully saturated rings. The second-order valence-corrected chi connectivity index (χ2v) is 12.1. The van der Waals surface area contributed by atoms with E-state index in [1.807, 2.05) is 49.4 Å². The minimum absolute atomic E-state index is 0.0752. The van der Waals surface area contributed by atoms with Crippen LogP contribution in [0.5, 0.6) is 0 Å². The van der Waals surface area contributed by atoms with Crippen molar-refractivity contribution in [2.24, 2.45) is 11.8 Å². The molecule has 4 heterocycles. The molecule has 0 unspecified atom stereocenters. The number of allylic oxidation sites excluding steroid dienone is 1. The SMILES string of the molecule is CCCCN1C/C=C\CCC(=O)NC[C@@H](c2ccccc2)OC(=O)[C@@H]2[C@H]3O[C@@]4(C=C3Br)[C@H](C1=O)N(CCCO)C(=O)[C@@H]24. The van der Waals surface area contributed by atoms with Crippen molar-refractivity contribution in [2.45, 2.75) is 62.9 Å². The summed E-state index contributed by atoms with van der Waals surface area (Å²) in [6, 6.07) is 8.15. The highest BCUT2D eigenvalue weighted by Crippen LogP contribution is 2.59. The van der Waals surface area contributed by atoms with Crippen molar-refractivity contribution >= 4 is 39.6 Å². The number of halogens is 1. The fourth-order valence-electron chi connectivity index (χ4n) is 6.50. The van der Waals surface area contributed by atoms with E-state index in [9.17, 15) is 24.3 Å². The maximum Gasteiger partial charge on any atom is 0.313 e. The fraction of sp³-hybridized carbons (Fsp3) is 0.548. The van der Waals surface area contributed by atoms with Crippen LogP contribution < -0.4 is 5.32 Å². The van der Waals surface area contributed by atoms with Crippen LogP contribution in [0, 0.1) is 11.8 Å². The number of ether oxygens (including phenoxy) is 2. The number of carbonyl (C=O) groups is 4. The predicted molar refractivity (Wildman–Crippen MR) is 157 cm³/mol. The Morgan fingerprint density at radius 2 is 1.86 bits per heavy atom. The van der Waals surface area contributed by atoms with Gasteiger partial charge in [0.25, 0.3) is 0 Å². The summed E-state index contributed by atoms with van der Waals surface area (Å²) in [5.74, 6) is -3.39. The number of fused-ring (bicyclic) bond motifs is 2. The van der Waals surface area contributed by atoms with Crippen LogP contribution in [0.2, 0.25) is 0 Å². The number of aliphatic hydroxyl groups is 1. The predicted octanol–water partition coefficient (Wildman–Crippen LogP) is 2.62. The lowest BCUT2D eigenvalue weighted by Gasteiger charge is -2.35. The molecule has 42 heavy (non-hydrogen) atoms. The first-order chi connectivity index (χ1) is 20.3. The van der Waals surface area contributed by atoms with Crippen molar-refractivity contribution in [2.75, 3.05) is 32.8 Å². The number of hydrogen-bond donors (Lipinski definition) is 2. The van der Waals surface area contributed by atoms with Crippen molar-refractivity contribution in [3.8, 4) is 0 Å². The van der Waals surface area contributed by atoms with Gasteiger partial charge in [-0.15, -0.1) is 0 Å². The van der Waals surface area contributed by atoms with E-state index >= 15 is 0 Å². The number of esters is 1. The molecule has 1 aromatic carbocycles. The standard InChI is InChI=1S/C31H38BrN3O7/c1-2-3-14-34-15-9-5-8-13-23(37)33-19-22(20-11-6-4-7-12-20)41-30(40)24-25-28(38)35(16-10-17-36)27(29(34)39)31(25)18-21(32)26(24)42-31/h4-7,9,11-12,18,22,24-27,36H,2-3,8,10,13-17,19H2,1H3,(H,33,37)/b9-5-/t22-,24-,25+,26-,27-,31+/m0/s1. The molecular formula is C31H38BrN3O7. The Bertz CT molecular complexity index is 1250. The molecule has 0 aromatic heterocycles. The van der Waals surface area contributed by atoms with Crippen molar-refractivity contribution in [3.63, 3.8) is 0 Å². The molecule has 4 aliphatic heterocycles. The Morgan fingerprint density at radius 1 is 1.07 bits per heavy atom. The van der Waals surface area contributed by atoms with Gasteiger partial charge in [-0.3, -0.25) is 19.2 Å². The maximum atomic E-state index is 14.4. The fourth-order valence-corrected chi connectivity index (χ4v) is 7.24. The van der Waals surface area contributed by atoms with Crippen LogP contribution in [0.4, 0.5) is 0 Å². The van der Waals surface area contributed by atoms with Crippen LogP contribution in [-0.2, 0) is 28.7 Å². The number of likely N-dealkylation sites (tertiary alicyclic amines) is 1. The van der Waals surface area contributed by atoms with E-state index in [-0.39, 0.29) is 50.3 Å². The first-order valence-electron chi connectivity index (χ1n) is 14.8. The first-order valence-corrected chi connectivity index (χ1v) is 15.5. The van der Waals surface area contributed by atoms with Gasteiger partial charge in [-0.1, -0.05) is 71.8 Å². The van der Waals surface area contributed by atoms with Crippen LogP contribution in [0.1, 0.15) is 50.7 Å². The number of cyclic esters (lactones) is 1. The molecule has 5 rings (SSSR count). The Labute approximate surface area is 254 Å². The zero-order valence-electron chi connectivity index (χ0n) is 23.7. The summed E-state index contributed by atoms with van der Waals surface area (Å²) in [5.41, 5.74) is -0.644. The monoisotopic (exact) mass is 643 g/mol. The highest BCUT2D eigenvalue weighted by Gasteiger charge is 2.74. The van der Waals surface area contributed by atoms with Gasteiger partial charge < -0.3 is 29.7 Å². The minimum atomic E-state index is -1.35. The van der Waals surface area contributed by atoms with E-state index in [2.05, 4.69) is 21.2 Å². The van der Waals surface area contributed by atoms with E-state index in [0.29, 0.717) is 29.6 Å². The normalized spacial score (nSPS) is 32.5. The van der Waals surface area contributed by atoms with Gasteiger partial charge in [-0.2, -0.15) is 0 Å². The van der Waals surface area contributed by atoms with Crippen molar-refractivity contribution in [3.05, 3.63) is 58.6 Å². The molecule has 226 valence electrons. The van der Waals surface area contributed by atoms with E-state index in [4.69, 9.17) is 9.47 Å². The summed E-state index contributed by atoms with van der Waals surface area (Å²) in [6.45, 7) is 2.92. The molecule has 0 radical (unpaired) electrons. The highest BCUT2D eigenvalue weighted by atomic mass is 79.9. The summed E-state index contributed by atoms with van der Waals surface area (Å²) >= 11 is 3.56. The molecule has 0 saturated carbocycles. The van der Waals surface area contributed by atoms with Crippen molar-refractivity contribution < 1.29 is 33.8 Å². The zero-order valence-corrected chi connectivity index (χ0v) is 25.3. The zero-order chi connectivity index (χ0) is 29.9. The van der Waals surface area contributed by atoms with Gasteiger partial charge in [-0.05, 0) is 30.9 Å². The molecule has 11 heteroatoms. The average molecular weight is 645 g/mol. The lowest BCUT2D eigenvalue weighted by Crippen LogP contribution is -2.56. The Balaban J connectivity index is 1.56. The molecule has 5 bridgehead atoms. The summed E-state index contributed by atoms with van der Waals surface area (Å²) < 4.78 is 13.1. The van der Waals surface area contributed by atoms with E-state index in [1.54, 1.807) is 11.0 Å². The number of unbranched alkanes of at least 4 members (excludes halogenated alkanes) is 1. The third-order valence-electron chi connectivity index (χ3n) is 8.53. The number of hydrogen-bond acceptors (Lipinski definition) is 7. The quantitative estimate of drug-likeness (QED) is 0.346. The van der Waals surface area contributed by atoms with Gasteiger partial charge in [-0.25, -0.2) is 0 Å². The molecule has 4 aliphatic rings. The van der Waals surface area contributed by atoms with Gasteiger partial charge in [0.2, 0.25) is 17.7 Å². The Hall–Kier alpha value is -3.02. The lowest BCUT2D eigenvalue weighted by molar-refractivity contribution is -0.159. The number of amides is 3. The molecule has 1 spiro atoms. The number of carbonyl (C=O) groups excluding carboxylic acids is 4. The van der Waals surface area contributed by atoms with E-state index in [0.717, 1.165) is 12.8 Å². The molecule has 1 aromatic rings. The lowest BCUT2D eigenvalue weighted by atomic mass is 9.74. The second-order valence-electron chi connectivity index (χ2n) is 11.2. The number of rotatable bonds is 7. The summed E-state index contributed by atoms with van der Waals surface area (Å²) in [4.78, 5) is 58.3. The van der Waals surface area contributed by atoms with Gasteiger partial charge in [0.1, 0.15) is 29.8 Å². The Kier molecular flexibility index (Phi) is 9.49. The topological polar surface area (TPSA) is 125 Å². The molecular weight excluding hydrogens is 606 g/mol. The molecule has 6 atom stereocenters. The summed E-state index contributed by atoms with van der Waals surface area (Å²) in [6.07, 6.45) is 6.64. The average Bonchev–Trinajstić information content (AvgIpc) is 3.58. The third-order valence-corrected chi connectivity index (χ3v) is 9.21. The van der Waals surface area contributed by atoms with E-state index < -0.39 is 41.7 Å². The van der Waals surface area contributed by atoms with Crippen LogP contribution in [-0.4, -0.2) is 89.1 Å². The summed E-state index contributed by atoms with van der Waals surface area (Å²) in [5, 5.41) is 12.5. The largest absolute Gasteiger partial charge is 0.455 e. The molecule has 2 N–H and O–H groups in total. The molecule has 10 nitrogen and oxygen atoms in total. The third kappa shape index (κ3) is 5.66. The number of aliphatic hydroxyl groups excluding tert-OH is 1. The second kappa shape index (κ2) is 13.1. The summed E-state index contributed by atoms with van der Waals surface area (Å²) in [7, 11) is 0. The van der Waals surface area contributed by atoms with Gasteiger partial charge in [0, 0.05) is 37.1 Å². The van der Waals surface area contributed by atoms with Crippen LogP contribution in [0.15, 0.2) is 53.0 Å². The number of nitrogens with one attached hydrogen (secondary N) is 1.